The van der Waals surface area contributed by atoms with Gasteiger partial charge < -0.3 is 15.3 Å². The lowest BCUT2D eigenvalue weighted by Crippen LogP contribution is -2.13. The maximum atomic E-state index is 5.89. The number of ether oxygens (including phenoxy) is 1. The molecule has 0 saturated carbocycles. The van der Waals surface area contributed by atoms with Gasteiger partial charge >= 0.3 is 0 Å². The Kier molecular flexibility index (Phi) is 4.82. The fourth-order valence-electron chi connectivity index (χ4n) is 2.14. The lowest BCUT2D eigenvalue weighted by molar-refractivity contribution is 0.130. The van der Waals surface area contributed by atoms with Gasteiger partial charge in [0, 0.05) is 5.56 Å². The zero-order valence-corrected chi connectivity index (χ0v) is 12.6. The third-order valence-electron chi connectivity index (χ3n) is 3.06. The Labute approximate surface area is 125 Å². The Balaban J connectivity index is 1.99. The Hall–Kier alpha value is -2.49. The van der Waals surface area contributed by atoms with Gasteiger partial charge in [0.2, 0.25) is 0 Å². The molecular weight excluding hydrogens is 264 g/mol. The van der Waals surface area contributed by atoms with Gasteiger partial charge in [0.25, 0.3) is 0 Å². The second-order valence-corrected chi connectivity index (χ2v) is 4.97. The van der Waals surface area contributed by atoms with Crippen molar-refractivity contribution < 1.29 is 9.57 Å². The number of rotatable bonds is 5. The molecule has 0 radical (unpaired) electrons. The molecule has 0 bridgehead atoms. The molecule has 0 unspecified atom stereocenters. The second kappa shape index (κ2) is 6.79. The van der Waals surface area contributed by atoms with Crippen molar-refractivity contribution in [2.45, 2.75) is 20.5 Å². The molecule has 0 aliphatic heterocycles. The molecule has 0 spiro atoms. The summed E-state index contributed by atoms with van der Waals surface area (Å²) < 4.78 is 5.10. The lowest BCUT2D eigenvalue weighted by atomic mass is 10.1. The van der Waals surface area contributed by atoms with Crippen molar-refractivity contribution in [2.24, 2.45) is 10.9 Å². The first-order valence-corrected chi connectivity index (χ1v) is 6.75. The average molecular weight is 284 g/mol. The van der Waals surface area contributed by atoms with Crippen LogP contribution in [0.4, 0.5) is 0 Å². The summed E-state index contributed by atoms with van der Waals surface area (Å²) in [6, 6.07) is 13.6. The van der Waals surface area contributed by atoms with Crippen LogP contribution in [0, 0.1) is 13.8 Å². The number of methoxy groups -OCH3 is 1. The first-order chi connectivity index (χ1) is 10.1. The van der Waals surface area contributed by atoms with Gasteiger partial charge in [-0.1, -0.05) is 34.5 Å². The Morgan fingerprint density at radius 2 is 1.67 bits per heavy atom. The highest BCUT2D eigenvalue weighted by atomic mass is 16.6. The smallest absolute Gasteiger partial charge is 0.170 e. The summed E-state index contributed by atoms with van der Waals surface area (Å²) in [5.41, 5.74) is 10.2. The van der Waals surface area contributed by atoms with Crippen LogP contribution in [0.5, 0.6) is 5.75 Å². The van der Waals surface area contributed by atoms with Crippen molar-refractivity contribution in [2.75, 3.05) is 7.11 Å². The van der Waals surface area contributed by atoms with E-state index in [1.807, 2.05) is 24.3 Å². The van der Waals surface area contributed by atoms with E-state index in [2.05, 4.69) is 37.2 Å². The van der Waals surface area contributed by atoms with Gasteiger partial charge in [-0.25, -0.2) is 0 Å². The number of hydrogen-bond acceptors (Lipinski definition) is 3. The number of benzene rings is 2. The van der Waals surface area contributed by atoms with Crippen molar-refractivity contribution >= 4 is 5.84 Å². The average Bonchev–Trinajstić information content (AvgIpc) is 2.46. The van der Waals surface area contributed by atoms with E-state index >= 15 is 0 Å². The minimum absolute atomic E-state index is 0.349. The highest BCUT2D eigenvalue weighted by molar-refractivity contribution is 5.97. The van der Waals surface area contributed by atoms with Crippen molar-refractivity contribution in [1.82, 2.24) is 0 Å². The topological polar surface area (TPSA) is 56.8 Å². The largest absolute Gasteiger partial charge is 0.497 e. The molecule has 4 nitrogen and oxygen atoms in total. The Morgan fingerprint density at radius 1 is 1.05 bits per heavy atom. The van der Waals surface area contributed by atoms with Crippen LogP contribution in [0.3, 0.4) is 0 Å². The molecule has 2 aromatic carbocycles. The van der Waals surface area contributed by atoms with Gasteiger partial charge in [-0.15, -0.1) is 0 Å². The predicted octanol–water partition coefficient (Wildman–Crippen LogP) is 3.15. The summed E-state index contributed by atoms with van der Waals surface area (Å²) in [6.07, 6.45) is 0. The van der Waals surface area contributed by atoms with Crippen LogP contribution in [0.1, 0.15) is 22.3 Å². The maximum absolute atomic E-state index is 5.89. The van der Waals surface area contributed by atoms with Crippen LogP contribution in [0.2, 0.25) is 0 Å². The van der Waals surface area contributed by atoms with E-state index in [9.17, 15) is 0 Å². The Morgan fingerprint density at radius 3 is 2.24 bits per heavy atom. The number of nitrogens with zero attached hydrogens (tertiary/aromatic N) is 1. The number of nitrogens with two attached hydrogens (primary N) is 1. The van der Waals surface area contributed by atoms with Crippen LogP contribution in [0.25, 0.3) is 0 Å². The maximum Gasteiger partial charge on any atom is 0.170 e. The molecule has 0 heterocycles. The standard InChI is InChI=1S/C17H20N2O2/c1-12-8-13(2)10-14(9-12)11-21-19-17(18)15-4-6-16(20-3)7-5-15/h4-10H,11H2,1-3H3,(H2,18,19). The summed E-state index contributed by atoms with van der Waals surface area (Å²) >= 11 is 0. The zero-order chi connectivity index (χ0) is 15.2. The molecule has 2 N–H and O–H groups in total. The molecule has 0 atom stereocenters. The van der Waals surface area contributed by atoms with Gasteiger partial charge in [0.05, 0.1) is 7.11 Å². The van der Waals surface area contributed by atoms with E-state index < -0.39 is 0 Å². The number of aryl methyl sites for hydroxylation is 2. The third-order valence-corrected chi connectivity index (χ3v) is 3.06. The monoisotopic (exact) mass is 284 g/mol. The van der Waals surface area contributed by atoms with E-state index in [1.54, 1.807) is 7.11 Å². The van der Waals surface area contributed by atoms with Crippen LogP contribution in [-0.4, -0.2) is 12.9 Å². The molecule has 0 saturated heterocycles. The number of oxime groups is 1. The Bertz CT molecular complexity index is 613. The van der Waals surface area contributed by atoms with E-state index in [-0.39, 0.29) is 0 Å². The summed E-state index contributed by atoms with van der Waals surface area (Å²) in [7, 11) is 1.62. The quantitative estimate of drug-likeness (QED) is 0.521. The SMILES string of the molecule is COc1ccc(/C(N)=N/OCc2cc(C)cc(C)c2)cc1. The van der Waals surface area contributed by atoms with Crippen molar-refractivity contribution in [3.05, 3.63) is 64.7 Å². The fraction of sp³-hybridized carbons (Fsp3) is 0.235. The molecule has 4 heteroatoms. The minimum Gasteiger partial charge on any atom is -0.497 e. The van der Waals surface area contributed by atoms with Crippen LogP contribution >= 0.6 is 0 Å². The van der Waals surface area contributed by atoms with E-state index in [0.29, 0.717) is 12.4 Å². The number of hydrogen-bond donors (Lipinski definition) is 1. The summed E-state index contributed by atoms with van der Waals surface area (Å²) in [6.45, 7) is 4.52. The summed E-state index contributed by atoms with van der Waals surface area (Å²) in [4.78, 5) is 5.33. The molecule has 21 heavy (non-hydrogen) atoms. The van der Waals surface area contributed by atoms with Gasteiger partial charge in [0.1, 0.15) is 12.4 Å². The zero-order valence-electron chi connectivity index (χ0n) is 12.6. The van der Waals surface area contributed by atoms with Gasteiger partial charge in [0.15, 0.2) is 5.84 Å². The van der Waals surface area contributed by atoms with Gasteiger partial charge in [-0.2, -0.15) is 0 Å². The fourth-order valence-corrected chi connectivity index (χ4v) is 2.14. The van der Waals surface area contributed by atoms with E-state index in [1.165, 1.54) is 11.1 Å². The van der Waals surface area contributed by atoms with Crippen molar-refractivity contribution in [1.29, 1.82) is 0 Å². The predicted molar refractivity (Wildman–Crippen MR) is 84.4 cm³/mol. The molecule has 0 aliphatic rings. The molecule has 0 fully saturated rings. The van der Waals surface area contributed by atoms with Crippen LogP contribution in [-0.2, 0) is 11.4 Å². The van der Waals surface area contributed by atoms with Crippen LogP contribution < -0.4 is 10.5 Å². The lowest BCUT2D eigenvalue weighted by Gasteiger charge is -2.05. The third kappa shape index (κ3) is 4.24. The minimum atomic E-state index is 0.349. The van der Waals surface area contributed by atoms with Crippen LogP contribution in [0.15, 0.2) is 47.6 Å². The van der Waals surface area contributed by atoms with Crippen molar-refractivity contribution in [3.8, 4) is 5.75 Å². The van der Waals surface area contributed by atoms with E-state index in [4.69, 9.17) is 15.3 Å². The van der Waals surface area contributed by atoms with Gasteiger partial charge in [-0.05, 0) is 43.7 Å². The molecule has 2 aromatic rings. The molecular formula is C17H20N2O2. The molecule has 0 aromatic heterocycles. The van der Waals surface area contributed by atoms with Crippen molar-refractivity contribution in [3.63, 3.8) is 0 Å². The normalized spacial score (nSPS) is 11.3. The molecule has 2 rings (SSSR count). The van der Waals surface area contributed by atoms with Gasteiger partial charge in [-0.3, -0.25) is 0 Å². The first kappa shape index (κ1) is 14.9. The summed E-state index contributed by atoms with van der Waals surface area (Å²) in [5.74, 6) is 1.13. The molecule has 0 amide bonds. The number of amidine groups is 1. The highest BCUT2D eigenvalue weighted by Crippen LogP contribution is 2.12. The van der Waals surface area contributed by atoms with E-state index in [0.717, 1.165) is 16.9 Å². The molecule has 0 aliphatic carbocycles. The molecule has 110 valence electrons. The highest BCUT2D eigenvalue weighted by Gasteiger charge is 2.01. The second-order valence-electron chi connectivity index (χ2n) is 4.97. The summed E-state index contributed by atoms with van der Waals surface area (Å²) in [5, 5.41) is 3.96. The first-order valence-electron chi connectivity index (χ1n) is 6.75.